The maximum absolute atomic E-state index is 11.4. The number of hydrogen-bond donors (Lipinski definition) is 2. The Kier molecular flexibility index (Phi) is 5.66. The zero-order valence-corrected chi connectivity index (χ0v) is 18.8. The van der Waals surface area contributed by atoms with E-state index in [9.17, 15) is 4.79 Å². The maximum atomic E-state index is 11.4. The molecule has 0 aliphatic carbocycles. The molecule has 2 N–H and O–H groups in total. The number of pyridine rings is 1. The summed E-state index contributed by atoms with van der Waals surface area (Å²) in [6, 6.07) is 21.3. The summed E-state index contributed by atoms with van der Waals surface area (Å²) in [6.45, 7) is 2.11. The van der Waals surface area contributed by atoms with Crippen LogP contribution in [0.2, 0.25) is 0 Å². The molecule has 33 heavy (non-hydrogen) atoms. The van der Waals surface area contributed by atoms with Crippen molar-refractivity contribution in [1.82, 2.24) is 14.9 Å². The first-order valence-electron chi connectivity index (χ1n) is 10.7. The number of benzene rings is 1. The van der Waals surface area contributed by atoms with Gasteiger partial charge in [0.25, 0.3) is 0 Å². The molecule has 3 aromatic heterocycles. The van der Waals surface area contributed by atoms with Gasteiger partial charge < -0.3 is 24.5 Å². The van der Waals surface area contributed by atoms with E-state index in [-0.39, 0.29) is 18.0 Å². The van der Waals surface area contributed by atoms with Gasteiger partial charge in [0.2, 0.25) is 5.91 Å². The van der Waals surface area contributed by atoms with Crippen LogP contribution in [0.4, 0.5) is 11.4 Å². The molecule has 1 fully saturated rings. The minimum Gasteiger partial charge on any atom is -0.467 e. The van der Waals surface area contributed by atoms with E-state index in [0.29, 0.717) is 11.7 Å². The van der Waals surface area contributed by atoms with Gasteiger partial charge in [-0.3, -0.25) is 9.78 Å². The van der Waals surface area contributed by atoms with Crippen molar-refractivity contribution in [1.29, 1.82) is 0 Å². The fourth-order valence-electron chi connectivity index (χ4n) is 4.25. The molecule has 0 spiro atoms. The molecule has 0 radical (unpaired) electrons. The molecule has 1 aliphatic heterocycles. The van der Waals surface area contributed by atoms with Gasteiger partial charge in [0.15, 0.2) is 5.11 Å². The number of nitrogens with zero attached hydrogens (tertiary/aromatic N) is 3. The van der Waals surface area contributed by atoms with Crippen LogP contribution in [0.15, 0.2) is 89.8 Å². The van der Waals surface area contributed by atoms with Crippen molar-refractivity contribution in [2.24, 2.45) is 0 Å². The number of furan rings is 1. The van der Waals surface area contributed by atoms with E-state index in [0.717, 1.165) is 28.5 Å². The molecular formula is C25H23N5O2S. The van der Waals surface area contributed by atoms with Gasteiger partial charge in [-0.1, -0.05) is 6.07 Å². The average molecular weight is 458 g/mol. The van der Waals surface area contributed by atoms with Crippen molar-refractivity contribution < 1.29 is 9.21 Å². The standard InChI is InChI=1S/C25H23N5O2S/c1-17(31)27-18-9-11-19(12-10-18)30-24(23(28-25(30)33)21-7-2-3-13-26-21)22-8-4-14-29(22)16-20-6-5-15-32-20/h2-15,23-24H,16H2,1H3,(H,27,31)(H,28,33)/t23-,24-/m1/s1. The molecule has 0 bridgehead atoms. The summed E-state index contributed by atoms with van der Waals surface area (Å²) in [4.78, 5) is 18.1. The second-order valence-electron chi connectivity index (χ2n) is 7.86. The normalized spacial score (nSPS) is 17.7. The topological polar surface area (TPSA) is 75.3 Å². The van der Waals surface area contributed by atoms with Gasteiger partial charge in [-0.2, -0.15) is 0 Å². The summed E-state index contributed by atoms with van der Waals surface area (Å²) < 4.78 is 7.77. The molecule has 0 saturated carbocycles. The van der Waals surface area contributed by atoms with Crippen LogP contribution in [-0.2, 0) is 11.3 Å². The second kappa shape index (κ2) is 8.91. The molecule has 8 heteroatoms. The van der Waals surface area contributed by atoms with Gasteiger partial charge in [-0.05, 0) is 72.9 Å². The number of amides is 1. The first kappa shape index (κ1) is 21.0. The monoisotopic (exact) mass is 457 g/mol. The molecule has 1 aromatic carbocycles. The summed E-state index contributed by atoms with van der Waals surface area (Å²) in [5.41, 5.74) is 3.66. The van der Waals surface area contributed by atoms with Crippen LogP contribution in [0.1, 0.15) is 36.2 Å². The van der Waals surface area contributed by atoms with Crippen LogP contribution in [0.25, 0.3) is 0 Å². The lowest BCUT2D eigenvalue weighted by Gasteiger charge is -2.29. The van der Waals surface area contributed by atoms with E-state index >= 15 is 0 Å². The quantitative estimate of drug-likeness (QED) is 0.410. The molecule has 7 nitrogen and oxygen atoms in total. The van der Waals surface area contributed by atoms with Crippen molar-refractivity contribution in [2.45, 2.75) is 25.6 Å². The third kappa shape index (κ3) is 4.25. The Balaban J connectivity index is 1.56. The van der Waals surface area contributed by atoms with Gasteiger partial charge in [0.1, 0.15) is 11.8 Å². The molecule has 1 aliphatic rings. The maximum Gasteiger partial charge on any atom is 0.221 e. The van der Waals surface area contributed by atoms with Crippen LogP contribution in [0.5, 0.6) is 0 Å². The summed E-state index contributed by atoms with van der Waals surface area (Å²) in [6.07, 6.45) is 5.53. The number of carbonyl (C=O) groups is 1. The Labute approximate surface area is 197 Å². The highest BCUT2D eigenvalue weighted by Gasteiger charge is 2.42. The molecular weight excluding hydrogens is 434 g/mol. The molecule has 4 heterocycles. The van der Waals surface area contributed by atoms with E-state index in [1.54, 1.807) is 12.5 Å². The molecule has 0 unspecified atom stereocenters. The second-order valence-corrected chi connectivity index (χ2v) is 8.25. The van der Waals surface area contributed by atoms with E-state index in [1.807, 2.05) is 66.9 Å². The molecule has 1 amide bonds. The number of anilines is 2. The number of thiocarbonyl (C=S) groups is 1. The summed E-state index contributed by atoms with van der Waals surface area (Å²) >= 11 is 5.80. The van der Waals surface area contributed by atoms with Crippen molar-refractivity contribution in [3.8, 4) is 0 Å². The highest BCUT2D eigenvalue weighted by Crippen LogP contribution is 2.42. The van der Waals surface area contributed by atoms with Crippen LogP contribution in [-0.4, -0.2) is 20.6 Å². The van der Waals surface area contributed by atoms with Crippen molar-refractivity contribution in [2.75, 3.05) is 10.2 Å². The number of carbonyl (C=O) groups excluding carboxylic acids is 1. The van der Waals surface area contributed by atoms with Crippen molar-refractivity contribution in [3.05, 3.63) is 103 Å². The third-order valence-electron chi connectivity index (χ3n) is 5.64. The minimum atomic E-state index is -0.140. The van der Waals surface area contributed by atoms with Crippen molar-refractivity contribution >= 4 is 34.6 Å². The smallest absolute Gasteiger partial charge is 0.221 e. The Morgan fingerprint density at radius 2 is 1.97 bits per heavy atom. The van der Waals surface area contributed by atoms with Crippen LogP contribution < -0.4 is 15.5 Å². The Hall–Kier alpha value is -3.91. The fourth-order valence-corrected chi connectivity index (χ4v) is 4.60. The van der Waals surface area contributed by atoms with Crippen LogP contribution in [0, 0.1) is 0 Å². The molecule has 166 valence electrons. The fraction of sp³-hybridized carbons (Fsp3) is 0.160. The zero-order chi connectivity index (χ0) is 22.8. The lowest BCUT2D eigenvalue weighted by molar-refractivity contribution is -0.114. The minimum absolute atomic E-state index is 0.107. The van der Waals surface area contributed by atoms with Gasteiger partial charge >= 0.3 is 0 Å². The Morgan fingerprint density at radius 3 is 2.67 bits per heavy atom. The summed E-state index contributed by atoms with van der Waals surface area (Å²) in [5, 5.41) is 6.91. The first-order chi connectivity index (χ1) is 16.1. The van der Waals surface area contributed by atoms with Crippen LogP contribution >= 0.6 is 12.2 Å². The summed E-state index contributed by atoms with van der Waals surface area (Å²) in [7, 11) is 0. The summed E-state index contributed by atoms with van der Waals surface area (Å²) in [5.74, 6) is 0.770. The predicted octanol–water partition coefficient (Wildman–Crippen LogP) is 4.66. The van der Waals surface area contributed by atoms with E-state index in [2.05, 4.69) is 31.2 Å². The van der Waals surface area contributed by atoms with Crippen molar-refractivity contribution in [3.63, 3.8) is 0 Å². The number of hydrogen-bond acceptors (Lipinski definition) is 4. The Morgan fingerprint density at radius 1 is 1.12 bits per heavy atom. The number of nitrogens with one attached hydrogen (secondary N) is 2. The third-order valence-corrected chi connectivity index (χ3v) is 5.95. The zero-order valence-electron chi connectivity index (χ0n) is 18.0. The van der Waals surface area contributed by atoms with Gasteiger partial charge in [-0.25, -0.2) is 0 Å². The van der Waals surface area contributed by atoms with Gasteiger partial charge in [0.05, 0.1) is 24.5 Å². The highest BCUT2D eigenvalue weighted by molar-refractivity contribution is 7.80. The number of aromatic nitrogens is 2. The molecule has 4 aromatic rings. The van der Waals surface area contributed by atoms with Gasteiger partial charge in [0, 0.05) is 36.4 Å². The molecule has 1 saturated heterocycles. The van der Waals surface area contributed by atoms with E-state index in [4.69, 9.17) is 16.6 Å². The van der Waals surface area contributed by atoms with E-state index < -0.39 is 0 Å². The predicted molar refractivity (Wildman–Crippen MR) is 131 cm³/mol. The number of rotatable bonds is 6. The molecule has 5 rings (SSSR count). The van der Waals surface area contributed by atoms with Crippen LogP contribution in [0.3, 0.4) is 0 Å². The first-order valence-corrected chi connectivity index (χ1v) is 11.1. The lowest BCUT2D eigenvalue weighted by atomic mass is 10.0. The molecule has 2 atom stereocenters. The SMILES string of the molecule is CC(=O)Nc1ccc(N2C(=S)N[C@H](c3ccccn3)[C@H]2c2cccn2Cc2ccco2)cc1. The largest absolute Gasteiger partial charge is 0.467 e. The Bertz CT molecular complexity index is 1250. The highest BCUT2D eigenvalue weighted by atomic mass is 32.1. The average Bonchev–Trinajstić information content (AvgIpc) is 3.55. The van der Waals surface area contributed by atoms with Gasteiger partial charge in [-0.15, -0.1) is 0 Å². The lowest BCUT2D eigenvalue weighted by Crippen LogP contribution is -2.30. The van der Waals surface area contributed by atoms with E-state index in [1.165, 1.54) is 6.92 Å².